The Kier molecular flexibility index (Phi) is 6.21. The zero-order valence-corrected chi connectivity index (χ0v) is 13.8. The lowest BCUT2D eigenvalue weighted by atomic mass is 10.2. The maximum absolute atomic E-state index is 12.1. The van der Waals surface area contributed by atoms with Gasteiger partial charge in [0, 0.05) is 31.2 Å². The summed E-state index contributed by atoms with van der Waals surface area (Å²) in [7, 11) is 1.83. The molecule has 22 heavy (non-hydrogen) atoms. The normalized spacial score (nSPS) is 11.7. The molecule has 0 radical (unpaired) electrons. The van der Waals surface area contributed by atoms with E-state index in [1.54, 1.807) is 22.4 Å². The molecular weight excluding hydrogens is 296 g/mol. The lowest BCUT2D eigenvalue weighted by molar-refractivity contribution is 0.195. The lowest BCUT2D eigenvalue weighted by Gasteiger charge is -2.24. The van der Waals surface area contributed by atoms with Crippen molar-refractivity contribution >= 4 is 23.2 Å². The number of urea groups is 1. The van der Waals surface area contributed by atoms with Gasteiger partial charge in [-0.2, -0.15) is 0 Å². The van der Waals surface area contributed by atoms with Crippen LogP contribution in [0.25, 0.3) is 0 Å². The molecule has 0 aromatic carbocycles. The number of pyridine rings is 1. The maximum Gasteiger partial charge on any atom is 0.317 e. The van der Waals surface area contributed by atoms with Crippen molar-refractivity contribution in [2.24, 2.45) is 0 Å². The van der Waals surface area contributed by atoms with Crippen molar-refractivity contribution in [2.45, 2.75) is 19.4 Å². The summed E-state index contributed by atoms with van der Waals surface area (Å²) < 4.78 is 0. The molecule has 2 N–H and O–H groups in total. The molecule has 1 atom stereocenters. The largest absolute Gasteiger partial charge is 0.370 e. The highest BCUT2D eigenvalue weighted by Crippen LogP contribution is 2.23. The summed E-state index contributed by atoms with van der Waals surface area (Å²) in [5.74, 6) is 0.859. The van der Waals surface area contributed by atoms with Crippen LogP contribution in [-0.4, -0.2) is 36.1 Å². The second-order valence-electron chi connectivity index (χ2n) is 5.03. The van der Waals surface area contributed by atoms with E-state index in [0.29, 0.717) is 6.54 Å². The van der Waals surface area contributed by atoms with Crippen LogP contribution in [0.4, 0.5) is 10.6 Å². The van der Waals surface area contributed by atoms with E-state index >= 15 is 0 Å². The van der Waals surface area contributed by atoms with E-state index in [9.17, 15) is 4.79 Å². The fraction of sp³-hybridized carbons (Fsp3) is 0.375. The van der Waals surface area contributed by atoms with E-state index in [1.807, 2.05) is 43.6 Å². The average molecular weight is 318 g/mol. The third-order valence-electron chi connectivity index (χ3n) is 3.46. The van der Waals surface area contributed by atoms with Gasteiger partial charge in [-0.25, -0.2) is 9.78 Å². The lowest BCUT2D eigenvalue weighted by Crippen LogP contribution is -2.39. The van der Waals surface area contributed by atoms with Crippen LogP contribution >= 0.6 is 11.3 Å². The van der Waals surface area contributed by atoms with Gasteiger partial charge in [-0.15, -0.1) is 11.3 Å². The summed E-state index contributed by atoms with van der Waals surface area (Å²) in [5, 5.41) is 8.19. The summed E-state index contributed by atoms with van der Waals surface area (Å²) in [6.07, 6.45) is 2.61. The zero-order chi connectivity index (χ0) is 15.8. The fourth-order valence-corrected chi connectivity index (χ4v) is 2.81. The van der Waals surface area contributed by atoms with Gasteiger partial charge in [0.05, 0.1) is 6.04 Å². The number of nitrogens with zero attached hydrogens (tertiary/aromatic N) is 2. The van der Waals surface area contributed by atoms with Crippen molar-refractivity contribution in [3.63, 3.8) is 0 Å². The highest BCUT2D eigenvalue weighted by Gasteiger charge is 2.17. The summed E-state index contributed by atoms with van der Waals surface area (Å²) in [4.78, 5) is 19.2. The first-order valence-corrected chi connectivity index (χ1v) is 8.25. The van der Waals surface area contributed by atoms with Gasteiger partial charge in [-0.3, -0.25) is 0 Å². The summed E-state index contributed by atoms with van der Waals surface area (Å²) in [6, 6.07) is 9.86. The number of thiophene rings is 1. The SMILES string of the molecule is C[C@H](c1cccs1)N(C)C(=O)NCCCNc1ccccn1. The van der Waals surface area contributed by atoms with Gasteiger partial charge < -0.3 is 15.5 Å². The van der Waals surface area contributed by atoms with E-state index in [2.05, 4.69) is 21.7 Å². The molecule has 0 spiro atoms. The monoisotopic (exact) mass is 318 g/mol. The highest BCUT2D eigenvalue weighted by molar-refractivity contribution is 7.10. The van der Waals surface area contributed by atoms with Gasteiger partial charge in [-0.1, -0.05) is 12.1 Å². The molecule has 0 aliphatic heterocycles. The molecule has 5 nitrogen and oxygen atoms in total. The smallest absolute Gasteiger partial charge is 0.317 e. The molecular formula is C16H22N4OS. The van der Waals surface area contributed by atoms with Crippen molar-refractivity contribution in [3.05, 3.63) is 46.8 Å². The van der Waals surface area contributed by atoms with Gasteiger partial charge in [0.25, 0.3) is 0 Å². The summed E-state index contributed by atoms with van der Waals surface area (Å²) >= 11 is 1.67. The van der Waals surface area contributed by atoms with Crippen molar-refractivity contribution in [3.8, 4) is 0 Å². The number of carbonyl (C=O) groups is 1. The molecule has 2 aromatic rings. The van der Waals surface area contributed by atoms with Crippen LogP contribution in [0.2, 0.25) is 0 Å². The Labute approximate surface area is 135 Å². The zero-order valence-electron chi connectivity index (χ0n) is 13.0. The van der Waals surface area contributed by atoms with Crippen LogP contribution in [0.1, 0.15) is 24.3 Å². The Morgan fingerprint density at radius 1 is 1.32 bits per heavy atom. The van der Waals surface area contributed by atoms with E-state index in [-0.39, 0.29) is 12.1 Å². The summed E-state index contributed by atoms with van der Waals surface area (Å²) in [6.45, 7) is 3.45. The third kappa shape index (κ3) is 4.73. The Balaban J connectivity index is 1.65. The predicted molar refractivity (Wildman–Crippen MR) is 91.2 cm³/mol. The van der Waals surface area contributed by atoms with Crippen molar-refractivity contribution in [1.82, 2.24) is 15.2 Å². The molecule has 0 aliphatic rings. The number of amides is 2. The van der Waals surface area contributed by atoms with E-state index in [1.165, 1.54) is 4.88 Å². The molecule has 0 fully saturated rings. The topological polar surface area (TPSA) is 57.3 Å². The second-order valence-corrected chi connectivity index (χ2v) is 6.01. The fourth-order valence-electron chi connectivity index (χ4n) is 1.99. The van der Waals surface area contributed by atoms with E-state index in [0.717, 1.165) is 18.8 Å². The van der Waals surface area contributed by atoms with Gasteiger partial charge in [-0.05, 0) is 36.9 Å². The quantitative estimate of drug-likeness (QED) is 0.770. The Bertz CT molecular complexity index is 559. The maximum atomic E-state index is 12.1. The third-order valence-corrected chi connectivity index (χ3v) is 4.50. The number of carbonyl (C=O) groups excluding carboxylic acids is 1. The van der Waals surface area contributed by atoms with E-state index in [4.69, 9.17) is 0 Å². The van der Waals surface area contributed by atoms with Gasteiger partial charge in [0.1, 0.15) is 5.82 Å². The minimum atomic E-state index is -0.0428. The van der Waals surface area contributed by atoms with Gasteiger partial charge in [0.2, 0.25) is 0 Å². The van der Waals surface area contributed by atoms with Crippen LogP contribution < -0.4 is 10.6 Å². The molecule has 0 unspecified atom stereocenters. The summed E-state index contributed by atoms with van der Waals surface area (Å²) in [5.41, 5.74) is 0. The second kappa shape index (κ2) is 8.38. The Hall–Kier alpha value is -2.08. The van der Waals surface area contributed by atoms with Crippen LogP contribution in [0.3, 0.4) is 0 Å². The molecule has 0 aliphatic carbocycles. The number of aromatic nitrogens is 1. The highest BCUT2D eigenvalue weighted by atomic mass is 32.1. The van der Waals surface area contributed by atoms with Gasteiger partial charge in [0.15, 0.2) is 0 Å². The Morgan fingerprint density at radius 2 is 2.18 bits per heavy atom. The standard InChI is InChI=1S/C16H22N4OS/c1-13(14-7-5-12-22-14)20(2)16(21)19-11-6-10-18-15-8-3-4-9-17-15/h3-5,7-9,12-13H,6,10-11H2,1-2H3,(H,17,18)(H,19,21)/t13-/m1/s1. The first-order valence-electron chi connectivity index (χ1n) is 7.37. The number of hydrogen-bond donors (Lipinski definition) is 2. The molecule has 2 rings (SSSR count). The first kappa shape index (κ1) is 16.3. The predicted octanol–water partition coefficient (Wildman–Crippen LogP) is 3.35. The number of anilines is 1. The molecule has 6 heteroatoms. The number of rotatable bonds is 7. The van der Waals surface area contributed by atoms with Crippen LogP contribution in [0.15, 0.2) is 41.9 Å². The van der Waals surface area contributed by atoms with Crippen molar-refractivity contribution < 1.29 is 4.79 Å². The molecule has 118 valence electrons. The van der Waals surface area contributed by atoms with Crippen LogP contribution in [-0.2, 0) is 0 Å². The van der Waals surface area contributed by atoms with Crippen LogP contribution in [0, 0.1) is 0 Å². The Morgan fingerprint density at radius 3 is 2.86 bits per heavy atom. The molecule has 2 aromatic heterocycles. The average Bonchev–Trinajstić information content (AvgIpc) is 3.08. The minimum absolute atomic E-state index is 0.0428. The van der Waals surface area contributed by atoms with Crippen LogP contribution in [0.5, 0.6) is 0 Å². The molecule has 0 saturated heterocycles. The van der Waals surface area contributed by atoms with Gasteiger partial charge >= 0.3 is 6.03 Å². The van der Waals surface area contributed by atoms with Crippen molar-refractivity contribution in [1.29, 1.82) is 0 Å². The molecule has 0 bridgehead atoms. The number of nitrogens with one attached hydrogen (secondary N) is 2. The first-order chi connectivity index (χ1) is 10.7. The van der Waals surface area contributed by atoms with E-state index < -0.39 is 0 Å². The van der Waals surface area contributed by atoms with Crippen molar-refractivity contribution in [2.75, 3.05) is 25.5 Å². The molecule has 2 amide bonds. The molecule has 2 heterocycles. The minimum Gasteiger partial charge on any atom is -0.370 e. The molecule has 0 saturated carbocycles. The number of hydrogen-bond acceptors (Lipinski definition) is 4.